The SMILES string of the molecule is Cc1c(Cl)c(-c2cn3cc(C4CCNCC4)nc3s2)cc2cn(C)nc12. The van der Waals surface area contributed by atoms with Gasteiger partial charge < -0.3 is 5.32 Å². The van der Waals surface area contributed by atoms with Crippen LogP contribution in [-0.4, -0.2) is 32.3 Å². The van der Waals surface area contributed by atoms with Gasteiger partial charge in [0.15, 0.2) is 4.96 Å². The van der Waals surface area contributed by atoms with Crippen LogP contribution in [-0.2, 0) is 7.05 Å². The number of thiazole rings is 1. The van der Waals surface area contributed by atoms with Crippen LogP contribution < -0.4 is 5.32 Å². The fraction of sp³-hybridized carbons (Fsp3) is 0.368. The quantitative estimate of drug-likeness (QED) is 0.557. The average molecular weight is 386 g/mol. The van der Waals surface area contributed by atoms with Crippen LogP contribution in [0.4, 0.5) is 0 Å². The molecule has 26 heavy (non-hydrogen) atoms. The van der Waals surface area contributed by atoms with E-state index in [4.69, 9.17) is 16.6 Å². The van der Waals surface area contributed by atoms with Gasteiger partial charge in [-0.15, -0.1) is 0 Å². The van der Waals surface area contributed by atoms with Crippen molar-refractivity contribution in [1.82, 2.24) is 24.5 Å². The summed E-state index contributed by atoms with van der Waals surface area (Å²) in [4.78, 5) is 7.07. The Hall–Kier alpha value is -1.89. The Morgan fingerprint density at radius 3 is 2.81 bits per heavy atom. The molecule has 4 heterocycles. The summed E-state index contributed by atoms with van der Waals surface area (Å²) in [5.74, 6) is 0.573. The van der Waals surface area contributed by atoms with Gasteiger partial charge in [-0.3, -0.25) is 9.08 Å². The second-order valence-electron chi connectivity index (χ2n) is 7.08. The standard InChI is InChI=1S/C19H20ClN5S/c1-11-17(20)14(7-13-8-24(2)23-18(11)13)16-10-25-9-15(22-19(25)26-16)12-3-5-21-6-4-12/h7-10,12,21H,3-6H2,1-2H3. The average Bonchev–Trinajstić information content (AvgIpc) is 3.31. The number of rotatable bonds is 2. The summed E-state index contributed by atoms with van der Waals surface area (Å²) in [6, 6.07) is 2.14. The normalized spacial score (nSPS) is 16.1. The van der Waals surface area contributed by atoms with Crippen LogP contribution in [0.2, 0.25) is 5.02 Å². The van der Waals surface area contributed by atoms with Crippen LogP contribution in [0.25, 0.3) is 26.3 Å². The first-order chi connectivity index (χ1) is 12.6. The van der Waals surface area contributed by atoms with E-state index in [0.717, 1.165) is 50.0 Å². The predicted molar refractivity (Wildman–Crippen MR) is 107 cm³/mol. The maximum Gasteiger partial charge on any atom is 0.194 e. The molecule has 0 atom stereocenters. The summed E-state index contributed by atoms with van der Waals surface area (Å²) >= 11 is 8.38. The van der Waals surface area contributed by atoms with E-state index >= 15 is 0 Å². The number of imidazole rings is 1. The van der Waals surface area contributed by atoms with E-state index in [9.17, 15) is 0 Å². The van der Waals surface area contributed by atoms with E-state index in [1.807, 2.05) is 24.9 Å². The van der Waals surface area contributed by atoms with Crippen LogP contribution >= 0.6 is 22.9 Å². The highest BCUT2D eigenvalue weighted by Gasteiger charge is 2.20. The van der Waals surface area contributed by atoms with Gasteiger partial charge in [0.05, 0.1) is 21.1 Å². The summed E-state index contributed by atoms with van der Waals surface area (Å²) in [7, 11) is 1.94. The Morgan fingerprint density at radius 2 is 2.04 bits per heavy atom. The molecule has 0 spiro atoms. The molecular formula is C19H20ClN5S. The number of nitrogens with one attached hydrogen (secondary N) is 1. The number of aromatic nitrogens is 4. The number of hydrogen-bond acceptors (Lipinski definition) is 4. The molecule has 0 amide bonds. The van der Waals surface area contributed by atoms with Gasteiger partial charge in [-0.05, 0) is 44.5 Å². The van der Waals surface area contributed by atoms with Gasteiger partial charge in [0.2, 0.25) is 0 Å². The molecule has 5 rings (SSSR count). The monoisotopic (exact) mass is 385 g/mol. The first-order valence-electron chi connectivity index (χ1n) is 8.92. The summed E-state index contributed by atoms with van der Waals surface area (Å²) < 4.78 is 3.99. The van der Waals surface area contributed by atoms with Gasteiger partial charge in [0.25, 0.3) is 0 Å². The Bertz CT molecular complexity index is 1080. The maximum absolute atomic E-state index is 6.68. The van der Waals surface area contributed by atoms with E-state index in [0.29, 0.717) is 5.92 Å². The van der Waals surface area contributed by atoms with Crippen molar-refractivity contribution in [2.75, 3.05) is 13.1 Å². The van der Waals surface area contributed by atoms with Crippen molar-refractivity contribution < 1.29 is 0 Å². The number of aryl methyl sites for hydroxylation is 2. The molecule has 1 aromatic carbocycles. The fourth-order valence-corrected chi connectivity index (χ4v) is 5.16. The largest absolute Gasteiger partial charge is 0.317 e. The molecule has 1 fully saturated rings. The highest BCUT2D eigenvalue weighted by Crippen LogP contribution is 2.39. The molecule has 1 saturated heterocycles. The zero-order chi connectivity index (χ0) is 17.8. The van der Waals surface area contributed by atoms with E-state index in [1.165, 1.54) is 18.5 Å². The molecule has 5 nitrogen and oxygen atoms in total. The van der Waals surface area contributed by atoms with Crippen LogP contribution in [0, 0.1) is 6.92 Å². The van der Waals surface area contributed by atoms with Crippen molar-refractivity contribution in [2.24, 2.45) is 7.05 Å². The molecule has 0 unspecified atom stereocenters. The first kappa shape index (κ1) is 16.3. The van der Waals surface area contributed by atoms with Gasteiger partial charge >= 0.3 is 0 Å². The summed E-state index contributed by atoms with van der Waals surface area (Å²) in [6.45, 7) is 4.21. The highest BCUT2D eigenvalue weighted by atomic mass is 35.5. The minimum Gasteiger partial charge on any atom is -0.317 e. The molecule has 1 N–H and O–H groups in total. The van der Waals surface area contributed by atoms with Gasteiger partial charge in [-0.2, -0.15) is 5.10 Å². The number of benzene rings is 1. The van der Waals surface area contributed by atoms with Crippen LogP contribution in [0.15, 0.2) is 24.7 Å². The van der Waals surface area contributed by atoms with Crippen LogP contribution in [0.3, 0.4) is 0 Å². The van der Waals surface area contributed by atoms with Crippen molar-refractivity contribution in [3.8, 4) is 10.4 Å². The second-order valence-corrected chi connectivity index (χ2v) is 8.47. The summed E-state index contributed by atoms with van der Waals surface area (Å²) in [5.41, 5.74) is 4.27. The molecule has 7 heteroatoms. The minimum atomic E-state index is 0.573. The maximum atomic E-state index is 6.68. The lowest BCUT2D eigenvalue weighted by molar-refractivity contribution is 0.454. The zero-order valence-corrected chi connectivity index (χ0v) is 16.4. The zero-order valence-electron chi connectivity index (χ0n) is 14.8. The number of hydrogen-bond donors (Lipinski definition) is 1. The molecular weight excluding hydrogens is 366 g/mol. The van der Waals surface area contributed by atoms with Crippen molar-refractivity contribution in [3.05, 3.63) is 40.9 Å². The molecule has 1 aliphatic rings. The number of piperidine rings is 1. The first-order valence-corrected chi connectivity index (χ1v) is 10.1. The van der Waals surface area contributed by atoms with E-state index < -0.39 is 0 Å². The summed E-state index contributed by atoms with van der Waals surface area (Å²) in [5, 5.41) is 9.83. The Balaban J connectivity index is 1.57. The van der Waals surface area contributed by atoms with Crippen molar-refractivity contribution in [2.45, 2.75) is 25.7 Å². The lowest BCUT2D eigenvalue weighted by Gasteiger charge is -2.20. The third kappa shape index (κ3) is 2.55. The van der Waals surface area contributed by atoms with Crippen molar-refractivity contribution in [3.63, 3.8) is 0 Å². The Kier molecular flexibility index (Phi) is 3.81. The van der Waals surface area contributed by atoms with Gasteiger partial charge in [0, 0.05) is 42.5 Å². The lowest BCUT2D eigenvalue weighted by Crippen LogP contribution is -2.26. The lowest BCUT2D eigenvalue weighted by atomic mass is 9.95. The third-order valence-corrected chi connectivity index (χ3v) is 6.79. The van der Waals surface area contributed by atoms with Gasteiger partial charge in [-0.25, -0.2) is 4.98 Å². The second kappa shape index (κ2) is 6.08. The molecule has 3 aromatic heterocycles. The van der Waals surface area contributed by atoms with E-state index in [1.54, 1.807) is 11.3 Å². The van der Waals surface area contributed by atoms with E-state index in [-0.39, 0.29) is 0 Å². The summed E-state index contributed by atoms with van der Waals surface area (Å²) in [6.07, 6.45) is 8.71. The molecule has 0 bridgehead atoms. The molecule has 4 aromatic rings. The fourth-order valence-electron chi connectivity index (χ4n) is 3.86. The molecule has 0 aliphatic carbocycles. The van der Waals surface area contributed by atoms with Crippen molar-refractivity contribution in [1.29, 1.82) is 0 Å². The molecule has 134 valence electrons. The molecule has 1 aliphatic heterocycles. The highest BCUT2D eigenvalue weighted by molar-refractivity contribution is 7.20. The third-order valence-electron chi connectivity index (χ3n) is 5.28. The number of halogens is 1. The number of fused-ring (bicyclic) bond motifs is 2. The smallest absolute Gasteiger partial charge is 0.194 e. The van der Waals surface area contributed by atoms with E-state index in [2.05, 4.69) is 33.3 Å². The topological polar surface area (TPSA) is 47.1 Å². The molecule has 0 radical (unpaired) electrons. The Labute approximate surface area is 160 Å². The van der Waals surface area contributed by atoms with Crippen LogP contribution in [0.1, 0.15) is 30.0 Å². The van der Waals surface area contributed by atoms with Crippen molar-refractivity contribution >= 4 is 38.8 Å². The number of nitrogens with zero attached hydrogens (tertiary/aromatic N) is 4. The van der Waals surface area contributed by atoms with Crippen LogP contribution in [0.5, 0.6) is 0 Å². The Morgan fingerprint density at radius 1 is 1.23 bits per heavy atom. The molecule has 0 saturated carbocycles. The minimum absolute atomic E-state index is 0.573. The predicted octanol–water partition coefficient (Wildman–Crippen LogP) is 4.38. The van der Waals surface area contributed by atoms with Gasteiger partial charge in [0.1, 0.15) is 0 Å². The van der Waals surface area contributed by atoms with Gasteiger partial charge in [-0.1, -0.05) is 22.9 Å².